The van der Waals surface area contributed by atoms with Gasteiger partial charge in [0.25, 0.3) is 10.0 Å². The lowest BCUT2D eigenvalue weighted by molar-refractivity contribution is 0.415. The van der Waals surface area contributed by atoms with Gasteiger partial charge in [0, 0.05) is 5.56 Å². The first-order chi connectivity index (χ1) is 15.5. The van der Waals surface area contributed by atoms with Crippen LogP contribution in [0.15, 0.2) is 94.4 Å². The van der Waals surface area contributed by atoms with Crippen LogP contribution in [0.3, 0.4) is 0 Å². The Kier molecular flexibility index (Phi) is 5.92. The third-order valence-corrected chi connectivity index (χ3v) is 6.58. The molecule has 0 fully saturated rings. The predicted octanol–water partition coefficient (Wildman–Crippen LogP) is 4.62. The Balaban J connectivity index is 1.71. The highest BCUT2D eigenvalue weighted by atomic mass is 32.2. The van der Waals surface area contributed by atoms with Gasteiger partial charge in [-0.2, -0.15) is 5.26 Å². The molecule has 0 aliphatic rings. The van der Waals surface area contributed by atoms with E-state index in [0.717, 1.165) is 5.56 Å². The summed E-state index contributed by atoms with van der Waals surface area (Å²) in [5.74, 6) is 1.07. The van der Waals surface area contributed by atoms with Crippen molar-refractivity contribution in [3.63, 3.8) is 0 Å². The van der Waals surface area contributed by atoms with E-state index in [1.54, 1.807) is 55.6 Å². The minimum atomic E-state index is -3.92. The molecule has 32 heavy (non-hydrogen) atoms. The molecule has 0 aliphatic heterocycles. The number of nitrogens with zero attached hydrogens (tertiary/aromatic N) is 3. The van der Waals surface area contributed by atoms with Crippen molar-refractivity contribution < 1.29 is 17.6 Å². The topological polar surface area (TPSA) is 96.4 Å². The number of hydrogen-bond donors (Lipinski definition) is 0. The van der Waals surface area contributed by atoms with Gasteiger partial charge >= 0.3 is 0 Å². The molecule has 4 rings (SSSR count). The summed E-state index contributed by atoms with van der Waals surface area (Å²) in [7, 11) is -2.33. The van der Waals surface area contributed by atoms with E-state index in [4.69, 9.17) is 9.15 Å². The van der Waals surface area contributed by atoms with Crippen LogP contribution < -0.4 is 9.04 Å². The zero-order valence-electron chi connectivity index (χ0n) is 17.2. The van der Waals surface area contributed by atoms with Crippen LogP contribution in [0.1, 0.15) is 11.3 Å². The van der Waals surface area contributed by atoms with Crippen LogP contribution in [0.4, 0.5) is 5.69 Å². The molecule has 0 spiro atoms. The zero-order chi connectivity index (χ0) is 22.6. The first-order valence-corrected chi connectivity index (χ1v) is 11.1. The van der Waals surface area contributed by atoms with Gasteiger partial charge in [-0.05, 0) is 54.6 Å². The van der Waals surface area contributed by atoms with Crippen LogP contribution in [0.5, 0.6) is 5.75 Å². The molecular formula is C24H19N3O4S. The van der Waals surface area contributed by atoms with Crippen molar-refractivity contribution in [2.75, 3.05) is 11.4 Å². The van der Waals surface area contributed by atoms with E-state index in [0.29, 0.717) is 28.6 Å². The fourth-order valence-electron chi connectivity index (χ4n) is 3.16. The fourth-order valence-corrected chi connectivity index (χ4v) is 4.61. The van der Waals surface area contributed by atoms with Crippen molar-refractivity contribution >= 4 is 15.7 Å². The van der Waals surface area contributed by atoms with Crippen LogP contribution in [-0.2, 0) is 16.6 Å². The normalized spacial score (nSPS) is 11.0. The second-order valence-corrected chi connectivity index (χ2v) is 8.72. The highest BCUT2D eigenvalue weighted by molar-refractivity contribution is 7.92. The number of aromatic nitrogens is 1. The summed E-state index contributed by atoms with van der Waals surface area (Å²) >= 11 is 0. The molecule has 0 radical (unpaired) electrons. The molecule has 160 valence electrons. The van der Waals surface area contributed by atoms with Crippen LogP contribution in [0, 0.1) is 11.3 Å². The van der Waals surface area contributed by atoms with Crippen molar-refractivity contribution in [3.8, 4) is 23.3 Å². The van der Waals surface area contributed by atoms with Crippen molar-refractivity contribution in [2.45, 2.75) is 11.4 Å². The highest BCUT2D eigenvalue weighted by Crippen LogP contribution is 2.28. The monoisotopic (exact) mass is 445 g/mol. The number of hydrogen-bond acceptors (Lipinski definition) is 6. The molecule has 0 saturated carbocycles. The molecule has 1 aromatic heterocycles. The quantitative estimate of drug-likeness (QED) is 0.412. The predicted molar refractivity (Wildman–Crippen MR) is 119 cm³/mol. The molecule has 4 aromatic rings. The molecule has 0 unspecified atom stereocenters. The van der Waals surface area contributed by atoms with Gasteiger partial charge in [-0.3, -0.25) is 4.31 Å². The van der Waals surface area contributed by atoms with Gasteiger partial charge in [0.1, 0.15) is 17.7 Å². The summed E-state index contributed by atoms with van der Waals surface area (Å²) in [6.45, 7) is -0.0637. The third-order valence-electron chi connectivity index (χ3n) is 4.79. The average Bonchev–Trinajstić information content (AvgIpc) is 3.32. The molecule has 0 N–H and O–H groups in total. The van der Waals surface area contributed by atoms with Gasteiger partial charge in [0.15, 0.2) is 0 Å². The number of nitriles is 1. The van der Waals surface area contributed by atoms with E-state index in [1.165, 1.54) is 28.8 Å². The number of oxazole rings is 1. The summed E-state index contributed by atoms with van der Waals surface area (Å²) in [4.78, 5) is 4.61. The first kappa shape index (κ1) is 21.2. The van der Waals surface area contributed by atoms with Crippen LogP contribution in [-0.4, -0.2) is 20.5 Å². The molecule has 0 aliphatic carbocycles. The summed E-state index contributed by atoms with van der Waals surface area (Å²) in [5, 5.41) is 9.27. The zero-order valence-corrected chi connectivity index (χ0v) is 18.0. The van der Waals surface area contributed by atoms with E-state index in [-0.39, 0.29) is 11.4 Å². The Morgan fingerprint density at radius 2 is 1.78 bits per heavy atom. The van der Waals surface area contributed by atoms with Gasteiger partial charge in [-0.15, -0.1) is 0 Å². The SMILES string of the molecule is COc1ccc(-c2nc(CN(c3cccc(C#N)c3)S(=O)(=O)c3ccccc3)co2)cc1. The van der Waals surface area contributed by atoms with Crippen LogP contribution in [0.2, 0.25) is 0 Å². The Labute approximate surface area is 186 Å². The van der Waals surface area contributed by atoms with Gasteiger partial charge in [0.2, 0.25) is 5.89 Å². The maximum atomic E-state index is 13.5. The number of methoxy groups -OCH3 is 1. The molecule has 1 heterocycles. The molecule has 0 amide bonds. The summed E-state index contributed by atoms with van der Waals surface area (Å²) in [6.07, 6.45) is 1.43. The fraction of sp³-hybridized carbons (Fsp3) is 0.0833. The van der Waals surface area contributed by atoms with Crippen LogP contribution in [0.25, 0.3) is 11.5 Å². The lowest BCUT2D eigenvalue weighted by Crippen LogP contribution is -2.30. The van der Waals surface area contributed by atoms with E-state index < -0.39 is 10.0 Å². The Hall–Kier alpha value is -4.09. The first-order valence-electron chi connectivity index (χ1n) is 9.68. The lowest BCUT2D eigenvalue weighted by Gasteiger charge is -2.23. The lowest BCUT2D eigenvalue weighted by atomic mass is 10.2. The number of ether oxygens (including phenoxy) is 1. The maximum Gasteiger partial charge on any atom is 0.264 e. The van der Waals surface area contributed by atoms with E-state index >= 15 is 0 Å². The molecule has 0 saturated heterocycles. The van der Waals surface area contributed by atoms with E-state index in [9.17, 15) is 13.7 Å². The number of rotatable bonds is 7. The van der Waals surface area contributed by atoms with Gasteiger partial charge in [0.05, 0.1) is 35.9 Å². The van der Waals surface area contributed by atoms with Gasteiger partial charge < -0.3 is 9.15 Å². The molecule has 0 bridgehead atoms. The van der Waals surface area contributed by atoms with Crippen molar-refractivity contribution in [2.24, 2.45) is 0 Å². The number of sulfonamides is 1. The largest absolute Gasteiger partial charge is 0.497 e. The van der Waals surface area contributed by atoms with E-state index in [2.05, 4.69) is 4.98 Å². The summed E-state index contributed by atoms with van der Waals surface area (Å²) in [5.41, 5.74) is 1.88. The van der Waals surface area contributed by atoms with Gasteiger partial charge in [-0.1, -0.05) is 24.3 Å². The number of benzene rings is 3. The summed E-state index contributed by atoms with van der Waals surface area (Å²) in [6, 6.07) is 23.8. The van der Waals surface area contributed by atoms with Gasteiger partial charge in [-0.25, -0.2) is 13.4 Å². The second kappa shape index (κ2) is 8.96. The molecule has 3 aromatic carbocycles. The summed E-state index contributed by atoms with van der Waals surface area (Å²) < 4.78 is 38.9. The standard InChI is InChI=1S/C24H19N3O4S/c1-30-22-12-10-19(11-13-22)24-26-20(17-31-24)16-27(21-7-5-6-18(14-21)15-25)32(28,29)23-8-3-2-4-9-23/h2-14,17H,16H2,1H3. The molecule has 7 nitrogen and oxygen atoms in total. The smallest absolute Gasteiger partial charge is 0.264 e. The minimum Gasteiger partial charge on any atom is -0.497 e. The van der Waals surface area contributed by atoms with E-state index in [1.807, 2.05) is 18.2 Å². The third kappa shape index (κ3) is 4.33. The Morgan fingerprint density at radius 3 is 2.47 bits per heavy atom. The average molecular weight is 446 g/mol. The van der Waals surface area contributed by atoms with Crippen molar-refractivity contribution in [3.05, 3.63) is 96.4 Å². The molecule has 8 heteroatoms. The molecular weight excluding hydrogens is 426 g/mol. The van der Waals surface area contributed by atoms with Crippen molar-refractivity contribution in [1.82, 2.24) is 4.98 Å². The Bertz CT molecular complexity index is 1360. The van der Waals surface area contributed by atoms with Crippen LogP contribution >= 0.6 is 0 Å². The van der Waals surface area contributed by atoms with Crippen molar-refractivity contribution in [1.29, 1.82) is 5.26 Å². The maximum absolute atomic E-state index is 13.5. The second-order valence-electron chi connectivity index (χ2n) is 6.86. The highest BCUT2D eigenvalue weighted by Gasteiger charge is 2.26. The minimum absolute atomic E-state index is 0.0637. The Morgan fingerprint density at radius 1 is 1.03 bits per heavy atom. The molecule has 0 atom stereocenters. The number of anilines is 1.